The number of halogens is 1. The van der Waals surface area contributed by atoms with Gasteiger partial charge in [-0.25, -0.2) is 9.59 Å². The second-order valence-electron chi connectivity index (χ2n) is 7.75. The lowest BCUT2D eigenvalue weighted by molar-refractivity contribution is -0.114. The SMILES string of the molecule is CCCOC(=O)c1cc(-c2ccc(C=C3C(=O)N(c4cccc(C(=O)O)c4)N=C3C)o2)ccc1Cl. The van der Waals surface area contributed by atoms with E-state index in [0.29, 0.717) is 47.1 Å². The molecule has 1 aliphatic heterocycles. The largest absolute Gasteiger partial charge is 0.478 e. The van der Waals surface area contributed by atoms with Crippen LogP contribution in [0.4, 0.5) is 5.69 Å². The van der Waals surface area contributed by atoms with Gasteiger partial charge < -0.3 is 14.3 Å². The molecule has 35 heavy (non-hydrogen) atoms. The Morgan fingerprint density at radius 1 is 1.17 bits per heavy atom. The van der Waals surface area contributed by atoms with Crippen molar-refractivity contribution in [3.63, 3.8) is 0 Å². The summed E-state index contributed by atoms with van der Waals surface area (Å²) in [5.41, 5.74) is 2.03. The molecule has 2 aromatic carbocycles. The fraction of sp³-hybridized carbons (Fsp3) is 0.154. The number of anilines is 1. The molecule has 0 saturated heterocycles. The average Bonchev–Trinajstić information content (AvgIpc) is 3.43. The fourth-order valence-corrected chi connectivity index (χ4v) is 3.66. The molecule has 0 radical (unpaired) electrons. The number of hydrazone groups is 1. The number of rotatable bonds is 7. The summed E-state index contributed by atoms with van der Waals surface area (Å²) in [7, 11) is 0. The first-order valence-corrected chi connectivity index (χ1v) is 11.2. The monoisotopic (exact) mass is 492 g/mol. The van der Waals surface area contributed by atoms with Gasteiger partial charge in [0.15, 0.2) is 0 Å². The van der Waals surface area contributed by atoms with Crippen molar-refractivity contribution in [3.05, 3.63) is 82.1 Å². The summed E-state index contributed by atoms with van der Waals surface area (Å²) < 4.78 is 11.1. The van der Waals surface area contributed by atoms with E-state index in [4.69, 9.17) is 20.8 Å². The van der Waals surface area contributed by atoms with Gasteiger partial charge in [0.25, 0.3) is 5.91 Å². The standard InChI is InChI=1S/C26H21ClN2O6/c1-3-11-34-26(33)21-13-16(7-9-22(21)27)23-10-8-19(35-23)14-20-15(2)28-29(24(20)30)18-6-4-5-17(12-18)25(31)32/h4-10,12-14H,3,11H2,1-2H3,(H,31,32). The van der Waals surface area contributed by atoms with Crippen LogP contribution in [0.1, 0.15) is 46.7 Å². The van der Waals surface area contributed by atoms with Gasteiger partial charge in [0.1, 0.15) is 11.5 Å². The second-order valence-corrected chi connectivity index (χ2v) is 8.16. The molecule has 2 heterocycles. The summed E-state index contributed by atoms with van der Waals surface area (Å²) >= 11 is 6.17. The van der Waals surface area contributed by atoms with Crippen LogP contribution >= 0.6 is 11.6 Å². The van der Waals surface area contributed by atoms with E-state index in [-0.39, 0.29) is 16.1 Å². The summed E-state index contributed by atoms with van der Waals surface area (Å²) in [5.74, 6) is -1.13. The Labute approximate surface area is 206 Å². The zero-order valence-corrected chi connectivity index (χ0v) is 19.7. The molecule has 3 aromatic rings. The number of carboxylic acids is 1. The highest BCUT2D eigenvalue weighted by Crippen LogP contribution is 2.30. The molecule has 0 spiro atoms. The van der Waals surface area contributed by atoms with Gasteiger partial charge >= 0.3 is 11.9 Å². The summed E-state index contributed by atoms with van der Waals surface area (Å²) in [6, 6.07) is 14.3. The maximum atomic E-state index is 13.0. The van der Waals surface area contributed by atoms with Gasteiger partial charge in [-0.3, -0.25) is 4.79 Å². The molecule has 0 atom stereocenters. The summed E-state index contributed by atoms with van der Waals surface area (Å²) in [6.45, 7) is 3.88. The van der Waals surface area contributed by atoms with Crippen molar-refractivity contribution in [1.29, 1.82) is 0 Å². The third kappa shape index (κ3) is 5.02. The Bertz CT molecular complexity index is 1390. The van der Waals surface area contributed by atoms with E-state index in [0.717, 1.165) is 5.01 Å². The van der Waals surface area contributed by atoms with Crippen molar-refractivity contribution in [2.75, 3.05) is 11.6 Å². The number of nitrogens with zero attached hydrogens (tertiary/aromatic N) is 2. The zero-order valence-electron chi connectivity index (χ0n) is 18.9. The number of hydrogen-bond donors (Lipinski definition) is 1. The number of hydrogen-bond acceptors (Lipinski definition) is 6. The number of carbonyl (C=O) groups is 3. The van der Waals surface area contributed by atoms with E-state index in [1.54, 1.807) is 55.5 Å². The molecule has 1 N–H and O–H groups in total. The Hall–Kier alpha value is -4.17. The van der Waals surface area contributed by atoms with Crippen LogP contribution in [0.3, 0.4) is 0 Å². The van der Waals surface area contributed by atoms with Crippen LogP contribution in [0.2, 0.25) is 5.02 Å². The number of benzene rings is 2. The lowest BCUT2D eigenvalue weighted by atomic mass is 10.1. The molecule has 1 aromatic heterocycles. The van der Waals surface area contributed by atoms with Crippen LogP contribution in [0.5, 0.6) is 0 Å². The zero-order chi connectivity index (χ0) is 25.1. The van der Waals surface area contributed by atoms with E-state index in [9.17, 15) is 19.5 Å². The van der Waals surface area contributed by atoms with E-state index in [1.165, 1.54) is 12.1 Å². The van der Waals surface area contributed by atoms with Crippen molar-refractivity contribution in [3.8, 4) is 11.3 Å². The predicted molar refractivity (Wildman–Crippen MR) is 132 cm³/mol. The third-order valence-electron chi connectivity index (χ3n) is 5.22. The molecule has 0 saturated carbocycles. The highest BCUT2D eigenvalue weighted by atomic mass is 35.5. The van der Waals surface area contributed by atoms with Crippen LogP contribution in [-0.2, 0) is 9.53 Å². The smallest absolute Gasteiger partial charge is 0.339 e. The maximum Gasteiger partial charge on any atom is 0.339 e. The molecule has 8 nitrogen and oxygen atoms in total. The van der Waals surface area contributed by atoms with E-state index < -0.39 is 17.8 Å². The minimum atomic E-state index is -1.10. The van der Waals surface area contributed by atoms with E-state index >= 15 is 0 Å². The minimum absolute atomic E-state index is 0.0529. The number of amides is 1. The molecule has 0 fully saturated rings. The van der Waals surface area contributed by atoms with Gasteiger partial charge in [-0.15, -0.1) is 0 Å². The fourth-order valence-electron chi connectivity index (χ4n) is 3.47. The number of esters is 1. The predicted octanol–water partition coefficient (Wildman–Crippen LogP) is 5.67. The minimum Gasteiger partial charge on any atom is -0.478 e. The maximum absolute atomic E-state index is 13.0. The summed E-state index contributed by atoms with van der Waals surface area (Å²) in [4.78, 5) is 36.6. The van der Waals surface area contributed by atoms with Crippen molar-refractivity contribution < 1.29 is 28.6 Å². The normalized spacial score (nSPS) is 14.4. The number of ether oxygens (including phenoxy) is 1. The molecule has 0 aliphatic carbocycles. The molecular formula is C26H21ClN2O6. The highest BCUT2D eigenvalue weighted by Gasteiger charge is 2.29. The average molecular weight is 493 g/mol. The Morgan fingerprint density at radius 3 is 2.71 bits per heavy atom. The third-order valence-corrected chi connectivity index (χ3v) is 5.55. The first-order chi connectivity index (χ1) is 16.8. The van der Waals surface area contributed by atoms with Crippen LogP contribution in [0.15, 0.2) is 69.7 Å². The Balaban J connectivity index is 1.59. The molecule has 1 aliphatic rings. The first-order valence-electron chi connectivity index (χ1n) is 10.8. The van der Waals surface area contributed by atoms with Crippen LogP contribution in [-0.4, -0.2) is 35.3 Å². The molecule has 1 amide bonds. The number of aromatic carboxylic acids is 1. The number of carboxylic acid groups (broad SMARTS) is 1. The molecule has 178 valence electrons. The second kappa shape index (κ2) is 9.99. The first kappa shape index (κ1) is 24.0. The lowest BCUT2D eigenvalue weighted by Gasteiger charge is -2.12. The van der Waals surface area contributed by atoms with E-state index in [1.807, 2.05) is 6.92 Å². The molecule has 0 bridgehead atoms. The van der Waals surface area contributed by atoms with Gasteiger partial charge in [-0.1, -0.05) is 24.6 Å². The number of furan rings is 1. The van der Waals surface area contributed by atoms with Crippen molar-refractivity contribution in [2.24, 2.45) is 5.10 Å². The van der Waals surface area contributed by atoms with Crippen LogP contribution in [0, 0.1) is 0 Å². The molecule has 0 unspecified atom stereocenters. The van der Waals surface area contributed by atoms with Gasteiger partial charge in [-0.2, -0.15) is 10.1 Å². The lowest BCUT2D eigenvalue weighted by Crippen LogP contribution is -2.21. The highest BCUT2D eigenvalue weighted by molar-refractivity contribution is 6.33. The molecular weight excluding hydrogens is 472 g/mol. The number of carbonyl (C=O) groups excluding carboxylic acids is 2. The summed E-state index contributed by atoms with van der Waals surface area (Å²) in [6.07, 6.45) is 2.27. The Kier molecular flexibility index (Phi) is 6.84. The van der Waals surface area contributed by atoms with Crippen LogP contribution in [0.25, 0.3) is 17.4 Å². The van der Waals surface area contributed by atoms with E-state index in [2.05, 4.69) is 5.10 Å². The van der Waals surface area contributed by atoms with Crippen molar-refractivity contribution in [2.45, 2.75) is 20.3 Å². The Morgan fingerprint density at radius 2 is 1.97 bits per heavy atom. The molecule has 9 heteroatoms. The quantitative estimate of drug-likeness (QED) is 0.336. The topological polar surface area (TPSA) is 109 Å². The van der Waals surface area contributed by atoms with Crippen LogP contribution < -0.4 is 5.01 Å². The van der Waals surface area contributed by atoms with Gasteiger partial charge in [0.2, 0.25) is 0 Å². The van der Waals surface area contributed by atoms with Crippen molar-refractivity contribution in [1.82, 2.24) is 0 Å². The van der Waals surface area contributed by atoms with Crippen molar-refractivity contribution >= 4 is 46.9 Å². The van der Waals surface area contributed by atoms with Gasteiger partial charge in [-0.05, 0) is 68.0 Å². The van der Waals surface area contributed by atoms with Gasteiger partial charge in [0, 0.05) is 5.56 Å². The van der Waals surface area contributed by atoms with Gasteiger partial charge in [0.05, 0.1) is 39.7 Å². The molecule has 4 rings (SSSR count). The summed E-state index contributed by atoms with van der Waals surface area (Å²) in [5, 5.41) is 14.9.